The lowest BCUT2D eigenvalue weighted by atomic mass is 9.84. The van der Waals surface area contributed by atoms with Gasteiger partial charge in [-0.2, -0.15) is 0 Å². The number of carbonyl (C=O) groups excluding carboxylic acids is 3. The number of urea groups is 1. The normalized spacial score (nSPS) is 17.3. The summed E-state index contributed by atoms with van der Waals surface area (Å²) in [5.74, 6) is -0.557. The summed E-state index contributed by atoms with van der Waals surface area (Å²) in [4.78, 5) is 45.0. The number of rotatable bonds is 7. The van der Waals surface area contributed by atoms with E-state index in [4.69, 9.17) is 0 Å². The topological polar surface area (TPSA) is 73.0 Å². The third-order valence-corrected chi connectivity index (χ3v) is 6.99. The van der Waals surface area contributed by atoms with Crippen LogP contribution in [0.2, 0.25) is 0 Å². The first-order valence-corrected chi connectivity index (χ1v) is 12.3. The van der Waals surface area contributed by atoms with Crippen molar-refractivity contribution in [2.75, 3.05) is 37.6 Å². The smallest absolute Gasteiger partial charge is 0.325 e. The molecule has 3 aromatic rings. The first kappa shape index (κ1) is 23.6. The number of amides is 4. The average molecular weight is 483 g/mol. The number of anilines is 1. The van der Waals surface area contributed by atoms with Gasteiger partial charge >= 0.3 is 6.03 Å². The molecule has 0 saturated carbocycles. The molecule has 0 atom stereocenters. The van der Waals surface area contributed by atoms with Crippen LogP contribution in [-0.4, -0.2) is 65.9 Å². The molecule has 3 aromatic carbocycles. The van der Waals surface area contributed by atoms with Gasteiger partial charge in [0, 0.05) is 44.7 Å². The Hall–Kier alpha value is -4.13. The fourth-order valence-corrected chi connectivity index (χ4v) is 5.10. The van der Waals surface area contributed by atoms with Crippen LogP contribution in [0.15, 0.2) is 91.0 Å². The Labute approximate surface area is 211 Å². The molecule has 2 aliphatic rings. The van der Waals surface area contributed by atoms with Crippen molar-refractivity contribution < 1.29 is 14.4 Å². The summed E-state index contributed by atoms with van der Waals surface area (Å²) in [6.45, 7) is 2.28. The lowest BCUT2D eigenvalue weighted by Crippen LogP contribution is -2.53. The SMILES string of the molecule is O=C(CN1C(=O)NC(Cc2ccccc2)(Cc2ccccc2)C1=O)N1CCN(c2ccccc2)CC1. The molecule has 2 saturated heterocycles. The predicted molar refractivity (Wildman–Crippen MR) is 139 cm³/mol. The van der Waals surface area contributed by atoms with Crippen LogP contribution in [0, 0.1) is 0 Å². The maximum atomic E-state index is 13.8. The van der Waals surface area contributed by atoms with Crippen LogP contribution in [0.4, 0.5) is 10.5 Å². The largest absolute Gasteiger partial charge is 0.368 e. The highest BCUT2D eigenvalue weighted by atomic mass is 16.2. The number of para-hydroxylation sites is 1. The molecule has 36 heavy (non-hydrogen) atoms. The van der Waals surface area contributed by atoms with Gasteiger partial charge in [-0.05, 0) is 23.3 Å². The average Bonchev–Trinajstić information content (AvgIpc) is 3.14. The fourth-order valence-electron chi connectivity index (χ4n) is 5.10. The predicted octanol–water partition coefficient (Wildman–Crippen LogP) is 3.11. The van der Waals surface area contributed by atoms with Gasteiger partial charge in [-0.15, -0.1) is 0 Å². The second kappa shape index (κ2) is 10.2. The first-order chi connectivity index (χ1) is 17.5. The summed E-state index contributed by atoms with van der Waals surface area (Å²) < 4.78 is 0. The Morgan fingerprint density at radius 2 is 1.22 bits per heavy atom. The van der Waals surface area contributed by atoms with E-state index in [-0.39, 0.29) is 18.4 Å². The molecule has 2 heterocycles. The van der Waals surface area contributed by atoms with E-state index in [2.05, 4.69) is 22.3 Å². The van der Waals surface area contributed by atoms with Gasteiger partial charge in [-0.25, -0.2) is 4.79 Å². The van der Waals surface area contributed by atoms with Crippen LogP contribution < -0.4 is 10.2 Å². The zero-order valence-corrected chi connectivity index (χ0v) is 20.2. The molecule has 0 unspecified atom stereocenters. The molecule has 4 amide bonds. The van der Waals surface area contributed by atoms with E-state index in [0.717, 1.165) is 21.7 Å². The molecule has 7 nitrogen and oxygen atoms in total. The molecule has 2 fully saturated rings. The van der Waals surface area contributed by atoms with E-state index < -0.39 is 11.6 Å². The number of nitrogens with zero attached hydrogens (tertiary/aromatic N) is 3. The Kier molecular flexibility index (Phi) is 6.71. The van der Waals surface area contributed by atoms with Crippen molar-refractivity contribution in [2.24, 2.45) is 0 Å². The summed E-state index contributed by atoms with van der Waals surface area (Å²) in [6, 6.07) is 28.9. The van der Waals surface area contributed by atoms with Crippen LogP contribution in [0.3, 0.4) is 0 Å². The number of imide groups is 1. The van der Waals surface area contributed by atoms with Crippen molar-refractivity contribution in [3.8, 4) is 0 Å². The lowest BCUT2D eigenvalue weighted by Gasteiger charge is -2.36. The molecule has 5 rings (SSSR count). The molecule has 0 aromatic heterocycles. The highest BCUT2D eigenvalue weighted by molar-refractivity contribution is 6.09. The molecule has 1 N–H and O–H groups in total. The van der Waals surface area contributed by atoms with E-state index in [1.165, 1.54) is 0 Å². The van der Waals surface area contributed by atoms with Crippen molar-refractivity contribution in [1.29, 1.82) is 0 Å². The van der Waals surface area contributed by atoms with Crippen LogP contribution >= 0.6 is 0 Å². The van der Waals surface area contributed by atoms with Gasteiger partial charge in [-0.3, -0.25) is 14.5 Å². The Morgan fingerprint density at radius 3 is 1.75 bits per heavy atom. The van der Waals surface area contributed by atoms with Gasteiger partial charge in [0.1, 0.15) is 12.1 Å². The highest BCUT2D eigenvalue weighted by Gasteiger charge is 2.51. The van der Waals surface area contributed by atoms with E-state index in [1.807, 2.05) is 78.9 Å². The summed E-state index contributed by atoms with van der Waals surface area (Å²) in [6.07, 6.45) is 0.710. The molecule has 7 heteroatoms. The van der Waals surface area contributed by atoms with Gasteiger partial charge in [0.05, 0.1) is 0 Å². The molecule has 2 aliphatic heterocycles. The minimum Gasteiger partial charge on any atom is -0.368 e. The molecule has 184 valence electrons. The van der Waals surface area contributed by atoms with Crippen molar-refractivity contribution in [3.05, 3.63) is 102 Å². The standard InChI is InChI=1S/C29H30N4O3/c34-26(32-18-16-31(17-19-32)25-14-8-3-9-15-25)22-33-27(35)29(30-28(33)36,20-23-10-4-1-5-11-23)21-24-12-6-2-7-13-24/h1-15H,16-22H2,(H,30,36). The minimum atomic E-state index is -1.13. The van der Waals surface area contributed by atoms with E-state index in [1.54, 1.807) is 4.90 Å². The summed E-state index contributed by atoms with van der Waals surface area (Å²) in [7, 11) is 0. The number of nitrogens with one attached hydrogen (secondary N) is 1. The maximum Gasteiger partial charge on any atom is 0.325 e. The zero-order chi connectivity index (χ0) is 25.0. The van der Waals surface area contributed by atoms with Crippen molar-refractivity contribution in [1.82, 2.24) is 15.1 Å². The monoisotopic (exact) mass is 482 g/mol. The van der Waals surface area contributed by atoms with Gasteiger partial charge in [0.15, 0.2) is 0 Å². The first-order valence-electron chi connectivity index (χ1n) is 12.3. The number of piperazine rings is 1. The second-order valence-corrected chi connectivity index (χ2v) is 9.43. The Morgan fingerprint density at radius 1 is 0.722 bits per heavy atom. The van der Waals surface area contributed by atoms with Gasteiger partial charge in [-0.1, -0.05) is 78.9 Å². The molecular weight excluding hydrogens is 452 g/mol. The molecule has 0 radical (unpaired) electrons. The lowest BCUT2D eigenvalue weighted by molar-refractivity contribution is -0.139. The van der Waals surface area contributed by atoms with E-state index in [0.29, 0.717) is 39.0 Å². The van der Waals surface area contributed by atoms with Crippen molar-refractivity contribution in [2.45, 2.75) is 18.4 Å². The zero-order valence-electron chi connectivity index (χ0n) is 20.2. The third kappa shape index (κ3) is 4.96. The second-order valence-electron chi connectivity index (χ2n) is 9.43. The number of benzene rings is 3. The van der Waals surface area contributed by atoms with Crippen LogP contribution in [0.25, 0.3) is 0 Å². The van der Waals surface area contributed by atoms with Crippen LogP contribution in [0.5, 0.6) is 0 Å². The van der Waals surface area contributed by atoms with E-state index in [9.17, 15) is 14.4 Å². The van der Waals surface area contributed by atoms with Crippen LogP contribution in [-0.2, 0) is 22.4 Å². The summed E-state index contributed by atoms with van der Waals surface area (Å²) in [5.41, 5.74) is 1.90. The minimum absolute atomic E-state index is 0.207. The van der Waals surface area contributed by atoms with E-state index >= 15 is 0 Å². The molecule has 0 spiro atoms. The number of hydrogen-bond donors (Lipinski definition) is 1. The molecular formula is C29H30N4O3. The third-order valence-electron chi connectivity index (χ3n) is 6.99. The van der Waals surface area contributed by atoms with Gasteiger partial charge in [0.25, 0.3) is 5.91 Å². The van der Waals surface area contributed by atoms with Crippen LogP contribution in [0.1, 0.15) is 11.1 Å². The highest BCUT2D eigenvalue weighted by Crippen LogP contribution is 2.27. The quantitative estimate of drug-likeness (QED) is 0.526. The number of hydrogen-bond acceptors (Lipinski definition) is 4. The van der Waals surface area contributed by atoms with Gasteiger partial charge in [0.2, 0.25) is 5.91 Å². The Balaban J connectivity index is 1.29. The van der Waals surface area contributed by atoms with Crippen molar-refractivity contribution >= 4 is 23.5 Å². The Bertz CT molecular complexity index is 1170. The summed E-state index contributed by atoms with van der Waals surface area (Å²) in [5, 5.41) is 2.96. The number of carbonyl (C=O) groups is 3. The fraction of sp³-hybridized carbons (Fsp3) is 0.276. The molecule has 0 bridgehead atoms. The molecule has 0 aliphatic carbocycles. The maximum absolute atomic E-state index is 13.8. The van der Waals surface area contributed by atoms with Crippen molar-refractivity contribution in [3.63, 3.8) is 0 Å². The van der Waals surface area contributed by atoms with Gasteiger partial charge < -0.3 is 15.1 Å². The summed E-state index contributed by atoms with van der Waals surface area (Å²) >= 11 is 0.